The fraction of sp³-hybridized carbons (Fsp3) is 0.450. The summed E-state index contributed by atoms with van der Waals surface area (Å²) in [5.41, 5.74) is 2.00. The van der Waals surface area contributed by atoms with Crippen molar-refractivity contribution in [2.45, 2.75) is 32.7 Å². The van der Waals surface area contributed by atoms with Crippen LogP contribution in [0.25, 0.3) is 10.9 Å². The van der Waals surface area contributed by atoms with Gasteiger partial charge in [0.05, 0.1) is 5.92 Å². The summed E-state index contributed by atoms with van der Waals surface area (Å²) >= 11 is 0. The summed E-state index contributed by atoms with van der Waals surface area (Å²) in [6, 6.07) is 4.49. The molecule has 1 saturated heterocycles. The van der Waals surface area contributed by atoms with Crippen molar-refractivity contribution in [3.63, 3.8) is 0 Å². The molecule has 0 radical (unpaired) electrons. The molecule has 2 heterocycles. The minimum atomic E-state index is -0.980. The molecule has 1 aromatic carbocycles. The Bertz CT molecular complexity index is 896. The molecule has 1 fully saturated rings. The number of aromatic amines is 1. The molecule has 8 nitrogen and oxygen atoms in total. The number of aromatic nitrogens is 1. The zero-order valence-corrected chi connectivity index (χ0v) is 15.9. The van der Waals surface area contributed by atoms with E-state index in [1.165, 1.54) is 0 Å². The van der Waals surface area contributed by atoms with Crippen LogP contribution in [0.5, 0.6) is 0 Å². The van der Waals surface area contributed by atoms with Crippen LogP contribution in [0.2, 0.25) is 0 Å². The SMILES string of the molecule is CC(C)C(=O)Nc1ccc2[nH]cc([C@H](C(=O)O)N3CCC(C(=O)O)CC3)c2c1. The number of hydrogen-bond donors (Lipinski definition) is 4. The lowest BCUT2D eigenvalue weighted by Crippen LogP contribution is -2.41. The lowest BCUT2D eigenvalue weighted by Gasteiger charge is -2.34. The highest BCUT2D eigenvalue weighted by Crippen LogP contribution is 2.33. The molecule has 0 unspecified atom stereocenters. The molecule has 1 aromatic heterocycles. The van der Waals surface area contributed by atoms with Crippen LogP contribution in [0.1, 0.15) is 38.3 Å². The molecule has 1 atom stereocenters. The van der Waals surface area contributed by atoms with Crippen LogP contribution >= 0.6 is 0 Å². The van der Waals surface area contributed by atoms with Crippen LogP contribution in [0.3, 0.4) is 0 Å². The van der Waals surface area contributed by atoms with Gasteiger partial charge in [-0.2, -0.15) is 0 Å². The van der Waals surface area contributed by atoms with Crippen molar-refractivity contribution < 1.29 is 24.6 Å². The maximum atomic E-state index is 12.1. The average Bonchev–Trinajstić information content (AvgIpc) is 3.05. The van der Waals surface area contributed by atoms with Gasteiger partial charge in [0.25, 0.3) is 0 Å². The maximum absolute atomic E-state index is 12.1. The molecular weight excluding hydrogens is 362 g/mol. The van der Waals surface area contributed by atoms with Crippen molar-refractivity contribution in [2.75, 3.05) is 18.4 Å². The number of amides is 1. The summed E-state index contributed by atoms with van der Waals surface area (Å²) in [7, 11) is 0. The molecule has 8 heteroatoms. The number of carboxylic acids is 2. The van der Waals surface area contributed by atoms with Crippen molar-refractivity contribution in [1.82, 2.24) is 9.88 Å². The average molecular weight is 387 g/mol. The molecule has 1 amide bonds. The first-order valence-corrected chi connectivity index (χ1v) is 9.39. The normalized spacial score (nSPS) is 17.0. The highest BCUT2D eigenvalue weighted by atomic mass is 16.4. The first-order valence-electron chi connectivity index (χ1n) is 9.39. The topological polar surface area (TPSA) is 123 Å². The molecule has 1 aliphatic rings. The van der Waals surface area contributed by atoms with E-state index < -0.39 is 23.9 Å². The van der Waals surface area contributed by atoms with Crippen molar-refractivity contribution in [2.24, 2.45) is 11.8 Å². The summed E-state index contributed by atoms with van der Waals surface area (Å²) in [6.07, 6.45) is 2.54. The molecule has 150 valence electrons. The van der Waals surface area contributed by atoms with Crippen LogP contribution in [-0.2, 0) is 14.4 Å². The molecular formula is C20H25N3O5. The minimum Gasteiger partial charge on any atom is -0.481 e. The van der Waals surface area contributed by atoms with Crippen LogP contribution < -0.4 is 5.32 Å². The van der Waals surface area contributed by atoms with Gasteiger partial charge in [-0.25, -0.2) is 0 Å². The number of likely N-dealkylation sites (tertiary alicyclic amines) is 1. The van der Waals surface area contributed by atoms with E-state index in [9.17, 15) is 19.5 Å². The summed E-state index contributed by atoms with van der Waals surface area (Å²) < 4.78 is 0. The Labute approximate surface area is 162 Å². The van der Waals surface area contributed by atoms with Crippen molar-refractivity contribution in [3.05, 3.63) is 30.0 Å². The number of aliphatic carboxylic acids is 2. The van der Waals surface area contributed by atoms with Gasteiger partial charge >= 0.3 is 11.9 Å². The fourth-order valence-electron chi connectivity index (χ4n) is 3.62. The van der Waals surface area contributed by atoms with E-state index in [0.29, 0.717) is 37.2 Å². The third-order valence-electron chi connectivity index (χ3n) is 5.28. The number of carbonyl (C=O) groups excluding carboxylic acids is 1. The van der Waals surface area contributed by atoms with Gasteiger partial charge in [0.15, 0.2) is 0 Å². The second-order valence-corrected chi connectivity index (χ2v) is 7.54. The summed E-state index contributed by atoms with van der Waals surface area (Å²) in [5, 5.41) is 22.6. The molecule has 28 heavy (non-hydrogen) atoms. The Kier molecular flexibility index (Phi) is 5.69. The van der Waals surface area contributed by atoms with Gasteiger partial charge in [-0.3, -0.25) is 19.3 Å². The minimum absolute atomic E-state index is 0.109. The van der Waals surface area contributed by atoms with Crippen molar-refractivity contribution in [3.8, 4) is 0 Å². The molecule has 2 aromatic rings. The number of nitrogens with zero attached hydrogens (tertiary/aromatic N) is 1. The summed E-state index contributed by atoms with van der Waals surface area (Å²) in [4.78, 5) is 40.1. The van der Waals surface area contributed by atoms with Crippen LogP contribution in [0.4, 0.5) is 5.69 Å². The van der Waals surface area contributed by atoms with Crippen LogP contribution in [0, 0.1) is 11.8 Å². The zero-order valence-electron chi connectivity index (χ0n) is 15.9. The predicted octanol–water partition coefficient (Wildman–Crippen LogP) is 2.68. The predicted molar refractivity (Wildman–Crippen MR) is 104 cm³/mol. The number of benzene rings is 1. The number of anilines is 1. The Morgan fingerprint density at radius 1 is 1.18 bits per heavy atom. The molecule has 1 aliphatic heterocycles. The van der Waals surface area contributed by atoms with Gasteiger partial charge in [-0.1, -0.05) is 13.8 Å². The highest BCUT2D eigenvalue weighted by Gasteiger charge is 2.34. The molecule has 4 N–H and O–H groups in total. The maximum Gasteiger partial charge on any atom is 0.325 e. The van der Waals surface area contributed by atoms with E-state index in [1.807, 2.05) is 11.0 Å². The van der Waals surface area contributed by atoms with Gasteiger partial charge in [0.2, 0.25) is 5.91 Å². The summed E-state index contributed by atoms with van der Waals surface area (Å²) in [5.74, 6) is -2.51. The largest absolute Gasteiger partial charge is 0.481 e. The molecule has 0 saturated carbocycles. The van der Waals surface area contributed by atoms with Crippen molar-refractivity contribution >= 4 is 34.4 Å². The zero-order chi connectivity index (χ0) is 20.4. The third kappa shape index (κ3) is 4.01. The first-order chi connectivity index (χ1) is 13.3. The standard InChI is InChI=1S/C20H25N3O5/c1-11(2)18(24)22-13-3-4-16-14(9-13)15(10-21-16)17(20(27)28)23-7-5-12(6-8-23)19(25)26/h3-4,9-12,17,21H,5-8H2,1-2H3,(H,22,24)(H,25,26)(H,27,28)/t17-/m1/s1. The van der Waals surface area contributed by atoms with Gasteiger partial charge in [-0.05, 0) is 31.0 Å². The smallest absolute Gasteiger partial charge is 0.325 e. The number of piperidine rings is 1. The van der Waals surface area contributed by atoms with E-state index in [-0.39, 0.29) is 11.8 Å². The van der Waals surface area contributed by atoms with Gasteiger partial charge in [0, 0.05) is 47.4 Å². The van der Waals surface area contributed by atoms with Gasteiger partial charge in [-0.15, -0.1) is 0 Å². The van der Waals surface area contributed by atoms with Gasteiger partial charge in [0.1, 0.15) is 6.04 Å². The third-order valence-corrected chi connectivity index (χ3v) is 5.28. The van der Waals surface area contributed by atoms with Crippen LogP contribution in [0.15, 0.2) is 24.4 Å². The number of rotatable bonds is 6. The number of carboxylic acid groups (broad SMARTS) is 2. The van der Waals surface area contributed by atoms with E-state index in [4.69, 9.17) is 5.11 Å². The quantitative estimate of drug-likeness (QED) is 0.604. The monoisotopic (exact) mass is 387 g/mol. The Hall–Kier alpha value is -2.87. The Morgan fingerprint density at radius 3 is 2.43 bits per heavy atom. The second kappa shape index (κ2) is 8.02. The number of nitrogens with one attached hydrogen (secondary N) is 2. The molecule has 3 rings (SSSR count). The van der Waals surface area contributed by atoms with Crippen molar-refractivity contribution in [1.29, 1.82) is 0 Å². The van der Waals surface area contributed by atoms with Gasteiger partial charge < -0.3 is 20.5 Å². The number of hydrogen-bond acceptors (Lipinski definition) is 4. The molecule has 0 bridgehead atoms. The van der Waals surface area contributed by atoms with E-state index >= 15 is 0 Å². The van der Waals surface area contributed by atoms with E-state index in [2.05, 4.69) is 10.3 Å². The number of fused-ring (bicyclic) bond motifs is 1. The Morgan fingerprint density at radius 2 is 1.86 bits per heavy atom. The molecule has 0 aliphatic carbocycles. The first kappa shape index (κ1) is 19.9. The number of carbonyl (C=O) groups is 3. The lowest BCUT2D eigenvalue weighted by molar-refractivity contribution is -0.146. The van der Waals surface area contributed by atoms with Crippen LogP contribution in [-0.4, -0.2) is 51.0 Å². The lowest BCUT2D eigenvalue weighted by atomic mass is 9.94. The molecule has 0 spiro atoms. The van der Waals surface area contributed by atoms with E-state index in [0.717, 1.165) is 10.9 Å². The number of H-pyrrole nitrogens is 1. The van der Waals surface area contributed by atoms with E-state index in [1.54, 1.807) is 32.2 Å². The Balaban J connectivity index is 1.90. The summed E-state index contributed by atoms with van der Waals surface area (Å²) in [6.45, 7) is 4.42. The fourth-order valence-corrected chi connectivity index (χ4v) is 3.62. The highest BCUT2D eigenvalue weighted by molar-refractivity contribution is 5.96. The second-order valence-electron chi connectivity index (χ2n) is 7.54.